The Morgan fingerprint density at radius 2 is 1.84 bits per heavy atom. The summed E-state index contributed by atoms with van der Waals surface area (Å²) in [5.41, 5.74) is 0.174. The van der Waals surface area contributed by atoms with E-state index in [1.54, 1.807) is 12.1 Å². The van der Waals surface area contributed by atoms with Crippen molar-refractivity contribution < 1.29 is 22.4 Å². The lowest BCUT2D eigenvalue weighted by atomic mass is 10.1. The van der Waals surface area contributed by atoms with Gasteiger partial charge >= 0.3 is 6.18 Å². The van der Waals surface area contributed by atoms with E-state index < -0.39 is 11.7 Å². The monoisotopic (exact) mass is 349 g/mol. The standard InChI is InChI=1S/C19H15F4NO/c20-17-8-2-5-15(13-17)9-10-18(25)24-11-3-6-14-4-1-7-16(12-14)19(21,22)23/h1-2,4-5,7-8,12-13H,9-11H2,(H,24,25). The molecular weight excluding hydrogens is 334 g/mol. The maximum absolute atomic E-state index is 13.0. The van der Waals surface area contributed by atoms with Crippen LogP contribution in [0.1, 0.15) is 23.1 Å². The second-order valence-electron chi connectivity index (χ2n) is 5.29. The van der Waals surface area contributed by atoms with Crippen LogP contribution in [0.4, 0.5) is 17.6 Å². The summed E-state index contributed by atoms with van der Waals surface area (Å²) in [6.45, 7) is 0.0260. The van der Waals surface area contributed by atoms with Crippen molar-refractivity contribution in [1.82, 2.24) is 5.32 Å². The molecule has 0 atom stereocenters. The first-order valence-corrected chi connectivity index (χ1v) is 7.52. The Morgan fingerprint density at radius 1 is 1.08 bits per heavy atom. The first-order chi connectivity index (χ1) is 11.8. The van der Waals surface area contributed by atoms with Gasteiger partial charge in [-0.05, 0) is 42.3 Å². The van der Waals surface area contributed by atoms with Gasteiger partial charge in [-0.2, -0.15) is 13.2 Å². The molecule has 0 bridgehead atoms. The SMILES string of the molecule is O=C(CCc1cccc(F)c1)NCC#Cc1cccc(C(F)(F)F)c1. The zero-order valence-corrected chi connectivity index (χ0v) is 13.2. The fourth-order valence-corrected chi connectivity index (χ4v) is 2.10. The molecule has 0 unspecified atom stereocenters. The number of hydrogen-bond acceptors (Lipinski definition) is 1. The highest BCUT2D eigenvalue weighted by molar-refractivity contribution is 5.76. The van der Waals surface area contributed by atoms with E-state index in [0.29, 0.717) is 12.0 Å². The molecule has 0 aliphatic rings. The first kappa shape index (κ1) is 18.5. The number of benzene rings is 2. The van der Waals surface area contributed by atoms with Crippen LogP contribution < -0.4 is 5.32 Å². The molecule has 0 saturated heterocycles. The minimum absolute atomic E-state index is 0.0260. The van der Waals surface area contributed by atoms with Crippen molar-refractivity contribution in [2.45, 2.75) is 19.0 Å². The smallest absolute Gasteiger partial charge is 0.345 e. The second-order valence-corrected chi connectivity index (χ2v) is 5.29. The van der Waals surface area contributed by atoms with Gasteiger partial charge < -0.3 is 5.32 Å². The third-order valence-corrected chi connectivity index (χ3v) is 3.33. The first-order valence-electron chi connectivity index (χ1n) is 7.52. The van der Waals surface area contributed by atoms with E-state index in [-0.39, 0.29) is 30.3 Å². The van der Waals surface area contributed by atoms with E-state index >= 15 is 0 Å². The van der Waals surface area contributed by atoms with Crippen LogP contribution in [0.15, 0.2) is 48.5 Å². The van der Waals surface area contributed by atoms with Crippen molar-refractivity contribution >= 4 is 5.91 Å². The van der Waals surface area contributed by atoms with Gasteiger partial charge in [0.2, 0.25) is 5.91 Å². The summed E-state index contributed by atoms with van der Waals surface area (Å²) in [7, 11) is 0. The van der Waals surface area contributed by atoms with E-state index in [9.17, 15) is 22.4 Å². The van der Waals surface area contributed by atoms with Crippen molar-refractivity contribution in [1.29, 1.82) is 0 Å². The molecule has 0 aromatic heterocycles. The summed E-state index contributed by atoms with van der Waals surface area (Å²) in [4.78, 5) is 11.7. The molecule has 1 N–H and O–H groups in total. The van der Waals surface area contributed by atoms with E-state index in [1.165, 1.54) is 24.3 Å². The van der Waals surface area contributed by atoms with E-state index in [0.717, 1.165) is 12.1 Å². The molecule has 2 rings (SSSR count). The summed E-state index contributed by atoms with van der Waals surface area (Å²) >= 11 is 0. The van der Waals surface area contributed by atoms with Crippen molar-refractivity contribution in [3.63, 3.8) is 0 Å². The lowest BCUT2D eigenvalue weighted by Gasteiger charge is -2.05. The van der Waals surface area contributed by atoms with E-state index in [4.69, 9.17) is 0 Å². The maximum atomic E-state index is 13.0. The van der Waals surface area contributed by atoms with Crippen LogP contribution in [0, 0.1) is 17.7 Å². The third kappa shape index (κ3) is 6.30. The summed E-state index contributed by atoms with van der Waals surface area (Å²) in [6.07, 6.45) is -3.85. The van der Waals surface area contributed by atoms with Crippen LogP contribution >= 0.6 is 0 Å². The minimum atomic E-state index is -4.41. The lowest BCUT2D eigenvalue weighted by molar-refractivity contribution is -0.137. The predicted octanol–water partition coefficient (Wildman–Crippen LogP) is 3.95. The summed E-state index contributed by atoms with van der Waals surface area (Å²) in [5.74, 6) is 4.57. The minimum Gasteiger partial charge on any atom is -0.345 e. The third-order valence-electron chi connectivity index (χ3n) is 3.33. The molecule has 0 aliphatic heterocycles. The van der Waals surface area contributed by atoms with Crippen LogP contribution in [0.5, 0.6) is 0 Å². The second kappa shape index (κ2) is 8.34. The number of amides is 1. The molecule has 2 aromatic carbocycles. The largest absolute Gasteiger partial charge is 0.416 e. The van der Waals surface area contributed by atoms with Gasteiger partial charge in [0, 0.05) is 12.0 Å². The normalized spacial score (nSPS) is 10.7. The molecule has 0 fully saturated rings. The summed E-state index contributed by atoms with van der Waals surface area (Å²) < 4.78 is 50.8. The molecule has 2 nitrogen and oxygen atoms in total. The molecule has 0 saturated carbocycles. The van der Waals surface area contributed by atoms with Gasteiger partial charge in [-0.25, -0.2) is 4.39 Å². The van der Waals surface area contributed by atoms with Gasteiger partial charge in [-0.3, -0.25) is 4.79 Å². The molecule has 2 aromatic rings. The number of rotatable bonds is 4. The zero-order chi connectivity index (χ0) is 18.3. The van der Waals surface area contributed by atoms with Gasteiger partial charge in [-0.15, -0.1) is 0 Å². The molecule has 0 radical (unpaired) electrons. The van der Waals surface area contributed by atoms with Crippen LogP contribution in [0.25, 0.3) is 0 Å². The number of halogens is 4. The predicted molar refractivity (Wildman–Crippen MR) is 86.1 cm³/mol. The van der Waals surface area contributed by atoms with Gasteiger partial charge in [0.1, 0.15) is 5.82 Å². The highest BCUT2D eigenvalue weighted by Crippen LogP contribution is 2.29. The Hall–Kier alpha value is -2.81. The van der Waals surface area contributed by atoms with Crippen molar-refractivity contribution in [3.8, 4) is 11.8 Å². The van der Waals surface area contributed by atoms with E-state index in [1.807, 2.05) is 0 Å². The molecule has 1 amide bonds. The van der Waals surface area contributed by atoms with Gasteiger partial charge in [0.15, 0.2) is 0 Å². The Kier molecular flexibility index (Phi) is 6.18. The molecule has 0 spiro atoms. The summed E-state index contributed by atoms with van der Waals surface area (Å²) in [6, 6.07) is 10.7. The van der Waals surface area contributed by atoms with Gasteiger partial charge in [0.25, 0.3) is 0 Å². The Labute approximate surface area is 142 Å². The molecule has 0 aliphatic carbocycles. The topological polar surface area (TPSA) is 29.1 Å². The van der Waals surface area contributed by atoms with E-state index in [2.05, 4.69) is 17.2 Å². The van der Waals surface area contributed by atoms with Crippen LogP contribution in [0.2, 0.25) is 0 Å². The van der Waals surface area contributed by atoms with Crippen molar-refractivity contribution in [3.05, 3.63) is 71.0 Å². The highest BCUT2D eigenvalue weighted by Gasteiger charge is 2.30. The van der Waals surface area contributed by atoms with Crippen LogP contribution in [0.3, 0.4) is 0 Å². The van der Waals surface area contributed by atoms with Crippen LogP contribution in [-0.2, 0) is 17.4 Å². The number of alkyl halides is 3. The number of carbonyl (C=O) groups is 1. The Morgan fingerprint density at radius 3 is 2.56 bits per heavy atom. The average Bonchev–Trinajstić information content (AvgIpc) is 2.56. The molecule has 25 heavy (non-hydrogen) atoms. The van der Waals surface area contributed by atoms with Crippen molar-refractivity contribution in [2.24, 2.45) is 0 Å². The maximum Gasteiger partial charge on any atom is 0.416 e. The fraction of sp³-hybridized carbons (Fsp3) is 0.211. The average molecular weight is 349 g/mol. The molecule has 6 heteroatoms. The Bertz CT molecular complexity index is 803. The number of hydrogen-bond donors (Lipinski definition) is 1. The van der Waals surface area contributed by atoms with Gasteiger partial charge in [0.05, 0.1) is 12.1 Å². The van der Waals surface area contributed by atoms with Gasteiger partial charge in [-0.1, -0.05) is 30.0 Å². The lowest BCUT2D eigenvalue weighted by Crippen LogP contribution is -2.23. The Balaban J connectivity index is 1.81. The number of nitrogens with one attached hydrogen (secondary N) is 1. The van der Waals surface area contributed by atoms with Crippen molar-refractivity contribution in [2.75, 3.05) is 6.54 Å². The fourth-order valence-electron chi connectivity index (χ4n) is 2.10. The summed E-state index contributed by atoms with van der Waals surface area (Å²) in [5, 5.41) is 2.55. The zero-order valence-electron chi connectivity index (χ0n) is 13.2. The number of carbonyl (C=O) groups excluding carboxylic acids is 1. The number of aryl methyl sites for hydroxylation is 1. The quantitative estimate of drug-likeness (QED) is 0.657. The molecular formula is C19H15F4NO. The molecule has 130 valence electrons. The molecule has 0 heterocycles. The van der Waals surface area contributed by atoms with Crippen LogP contribution in [-0.4, -0.2) is 12.5 Å². The highest BCUT2D eigenvalue weighted by atomic mass is 19.4.